The Bertz CT molecular complexity index is 878. The fraction of sp³-hybridized carbons (Fsp3) is 0.368. The molecule has 2 aromatic heterocycles. The summed E-state index contributed by atoms with van der Waals surface area (Å²) in [4.78, 5) is 4.90. The number of nitrogen functional groups attached to an aromatic ring is 1. The Morgan fingerprint density at radius 1 is 1.12 bits per heavy atom. The van der Waals surface area contributed by atoms with Gasteiger partial charge in [0.15, 0.2) is 5.65 Å². The summed E-state index contributed by atoms with van der Waals surface area (Å²) in [5, 5.41) is 7.93. The number of hydrogen-bond acceptors (Lipinski definition) is 5. The zero-order valence-corrected chi connectivity index (χ0v) is 14.4. The minimum Gasteiger partial charge on any atom is -0.382 e. The third-order valence-corrected chi connectivity index (χ3v) is 5.14. The standard InChI is InChI=1S/C19H24N6/c1-12-17(22-15-5-3-2-4-6-15)19-23-16(11-25(19)24-18(12)21)13-7-9-14(20)10-8-13/h2-6,11,13-14,22H,7-10,20H2,1H3,(H2,21,24). The molecule has 1 aliphatic rings. The van der Waals surface area contributed by atoms with Crippen LogP contribution in [0.25, 0.3) is 5.65 Å². The molecule has 1 saturated carbocycles. The lowest BCUT2D eigenvalue weighted by molar-refractivity contribution is 0.391. The molecule has 0 amide bonds. The Balaban J connectivity index is 1.75. The van der Waals surface area contributed by atoms with Crippen LogP contribution in [0.1, 0.15) is 42.9 Å². The van der Waals surface area contributed by atoms with Crippen molar-refractivity contribution in [1.82, 2.24) is 14.6 Å². The number of fused-ring (bicyclic) bond motifs is 1. The first-order valence-electron chi connectivity index (χ1n) is 8.85. The fourth-order valence-electron chi connectivity index (χ4n) is 3.55. The van der Waals surface area contributed by atoms with Gasteiger partial charge in [-0.05, 0) is 44.7 Å². The molecule has 25 heavy (non-hydrogen) atoms. The molecule has 0 aliphatic heterocycles. The molecule has 2 heterocycles. The largest absolute Gasteiger partial charge is 0.382 e. The number of hydrogen-bond donors (Lipinski definition) is 3. The number of benzene rings is 1. The van der Waals surface area contributed by atoms with E-state index in [4.69, 9.17) is 16.5 Å². The Hall–Kier alpha value is -2.60. The van der Waals surface area contributed by atoms with E-state index >= 15 is 0 Å². The van der Waals surface area contributed by atoms with Gasteiger partial charge in [-0.2, -0.15) is 0 Å². The van der Waals surface area contributed by atoms with Crippen molar-refractivity contribution in [2.75, 3.05) is 11.1 Å². The molecule has 1 aromatic carbocycles. The minimum absolute atomic E-state index is 0.333. The number of rotatable bonds is 3. The van der Waals surface area contributed by atoms with Gasteiger partial charge in [0.2, 0.25) is 0 Å². The highest BCUT2D eigenvalue weighted by Crippen LogP contribution is 2.34. The maximum absolute atomic E-state index is 6.13. The Labute approximate surface area is 147 Å². The number of nitrogens with zero attached hydrogens (tertiary/aromatic N) is 3. The molecule has 0 atom stereocenters. The molecular formula is C19H24N6. The van der Waals surface area contributed by atoms with Crippen LogP contribution < -0.4 is 16.8 Å². The number of nitrogens with two attached hydrogens (primary N) is 2. The van der Waals surface area contributed by atoms with Crippen LogP contribution in [0.4, 0.5) is 17.2 Å². The summed E-state index contributed by atoms with van der Waals surface area (Å²) in [7, 11) is 0. The summed E-state index contributed by atoms with van der Waals surface area (Å²) in [6, 6.07) is 10.4. The molecule has 0 bridgehead atoms. The van der Waals surface area contributed by atoms with Crippen LogP contribution in [0.5, 0.6) is 0 Å². The lowest BCUT2D eigenvalue weighted by Crippen LogP contribution is -2.25. The molecular weight excluding hydrogens is 312 g/mol. The lowest BCUT2D eigenvalue weighted by atomic mass is 9.85. The Kier molecular flexibility index (Phi) is 4.05. The summed E-state index contributed by atoms with van der Waals surface area (Å²) < 4.78 is 1.80. The molecule has 0 spiro atoms. The molecule has 130 valence electrons. The number of nitrogens with one attached hydrogen (secondary N) is 1. The van der Waals surface area contributed by atoms with Crippen molar-refractivity contribution in [2.45, 2.75) is 44.6 Å². The van der Waals surface area contributed by atoms with E-state index in [1.807, 2.05) is 43.5 Å². The average Bonchev–Trinajstić information content (AvgIpc) is 3.04. The van der Waals surface area contributed by atoms with Crippen LogP contribution in [-0.2, 0) is 0 Å². The number of para-hydroxylation sites is 1. The van der Waals surface area contributed by atoms with Gasteiger partial charge in [0, 0.05) is 23.2 Å². The van der Waals surface area contributed by atoms with Crippen molar-refractivity contribution in [3.63, 3.8) is 0 Å². The fourth-order valence-corrected chi connectivity index (χ4v) is 3.55. The van der Waals surface area contributed by atoms with Gasteiger partial charge in [-0.25, -0.2) is 9.50 Å². The smallest absolute Gasteiger partial charge is 0.177 e. The Morgan fingerprint density at radius 3 is 2.56 bits per heavy atom. The molecule has 3 aromatic rings. The third kappa shape index (κ3) is 3.05. The predicted octanol–water partition coefficient (Wildman–Crippen LogP) is 3.35. The summed E-state index contributed by atoms with van der Waals surface area (Å²) in [6.45, 7) is 1.97. The van der Waals surface area contributed by atoms with E-state index < -0.39 is 0 Å². The number of imidazole rings is 1. The van der Waals surface area contributed by atoms with Crippen LogP contribution >= 0.6 is 0 Å². The van der Waals surface area contributed by atoms with E-state index in [9.17, 15) is 0 Å². The molecule has 6 nitrogen and oxygen atoms in total. The second-order valence-corrected chi connectivity index (χ2v) is 6.92. The molecule has 5 N–H and O–H groups in total. The minimum atomic E-state index is 0.333. The zero-order valence-electron chi connectivity index (χ0n) is 14.4. The van der Waals surface area contributed by atoms with Gasteiger partial charge in [0.05, 0.1) is 17.6 Å². The summed E-state index contributed by atoms with van der Waals surface area (Å²) in [6.07, 6.45) is 6.30. The van der Waals surface area contributed by atoms with Crippen LogP contribution in [0.2, 0.25) is 0 Å². The van der Waals surface area contributed by atoms with Crippen molar-refractivity contribution in [3.05, 3.63) is 47.8 Å². The molecule has 1 aliphatic carbocycles. The molecule has 4 rings (SSSR count). The number of aromatic nitrogens is 3. The second-order valence-electron chi connectivity index (χ2n) is 6.92. The zero-order chi connectivity index (χ0) is 17.4. The van der Waals surface area contributed by atoms with Gasteiger partial charge < -0.3 is 16.8 Å². The predicted molar refractivity (Wildman–Crippen MR) is 101 cm³/mol. The van der Waals surface area contributed by atoms with Crippen LogP contribution in [-0.4, -0.2) is 20.6 Å². The highest BCUT2D eigenvalue weighted by Gasteiger charge is 2.23. The molecule has 1 fully saturated rings. The maximum Gasteiger partial charge on any atom is 0.177 e. The summed E-state index contributed by atoms with van der Waals surface area (Å²) >= 11 is 0. The van der Waals surface area contributed by atoms with Crippen molar-refractivity contribution >= 4 is 22.8 Å². The van der Waals surface area contributed by atoms with Gasteiger partial charge in [0.25, 0.3) is 0 Å². The summed E-state index contributed by atoms with van der Waals surface area (Å²) in [5.74, 6) is 0.966. The third-order valence-electron chi connectivity index (χ3n) is 5.14. The Morgan fingerprint density at radius 2 is 1.84 bits per heavy atom. The second kappa shape index (κ2) is 6.37. The van der Waals surface area contributed by atoms with E-state index in [2.05, 4.69) is 10.4 Å². The monoisotopic (exact) mass is 336 g/mol. The first-order chi connectivity index (χ1) is 12.1. The normalized spacial score (nSPS) is 20.7. The highest BCUT2D eigenvalue weighted by atomic mass is 15.3. The lowest BCUT2D eigenvalue weighted by Gasteiger charge is -2.24. The first kappa shape index (κ1) is 15.9. The van der Waals surface area contributed by atoms with Crippen molar-refractivity contribution in [1.29, 1.82) is 0 Å². The SMILES string of the molecule is Cc1c(N)nn2cc(C3CCC(N)CC3)nc2c1Nc1ccccc1. The maximum atomic E-state index is 6.13. The molecule has 0 radical (unpaired) electrons. The van der Waals surface area contributed by atoms with Crippen molar-refractivity contribution in [3.8, 4) is 0 Å². The van der Waals surface area contributed by atoms with Gasteiger partial charge in [-0.15, -0.1) is 5.10 Å². The average molecular weight is 336 g/mol. The van der Waals surface area contributed by atoms with E-state index in [0.29, 0.717) is 17.8 Å². The van der Waals surface area contributed by atoms with Crippen LogP contribution in [0.15, 0.2) is 36.5 Å². The molecule has 0 saturated heterocycles. The van der Waals surface area contributed by atoms with Gasteiger partial charge in [-0.1, -0.05) is 18.2 Å². The summed E-state index contributed by atoms with van der Waals surface area (Å²) in [5.41, 5.74) is 16.9. The van der Waals surface area contributed by atoms with Crippen molar-refractivity contribution in [2.24, 2.45) is 5.73 Å². The van der Waals surface area contributed by atoms with E-state index in [1.165, 1.54) is 0 Å². The first-order valence-corrected chi connectivity index (χ1v) is 8.85. The van der Waals surface area contributed by atoms with Crippen LogP contribution in [0.3, 0.4) is 0 Å². The molecule has 6 heteroatoms. The highest BCUT2D eigenvalue weighted by molar-refractivity contribution is 5.79. The van der Waals surface area contributed by atoms with E-state index in [-0.39, 0.29) is 0 Å². The van der Waals surface area contributed by atoms with E-state index in [1.54, 1.807) is 4.52 Å². The van der Waals surface area contributed by atoms with E-state index in [0.717, 1.165) is 54.0 Å². The number of anilines is 3. The topological polar surface area (TPSA) is 94.3 Å². The molecule has 0 unspecified atom stereocenters. The van der Waals surface area contributed by atoms with Gasteiger partial charge >= 0.3 is 0 Å². The van der Waals surface area contributed by atoms with Gasteiger partial charge in [-0.3, -0.25) is 0 Å². The van der Waals surface area contributed by atoms with Crippen molar-refractivity contribution < 1.29 is 0 Å². The van der Waals surface area contributed by atoms with Gasteiger partial charge in [0.1, 0.15) is 5.82 Å². The van der Waals surface area contributed by atoms with Crippen LogP contribution in [0, 0.1) is 6.92 Å². The quantitative estimate of drug-likeness (QED) is 0.682.